The topological polar surface area (TPSA) is 79.1 Å². The molecule has 0 aliphatic heterocycles. The van der Waals surface area contributed by atoms with E-state index in [-0.39, 0.29) is 12.1 Å². The summed E-state index contributed by atoms with van der Waals surface area (Å²) < 4.78 is 24.6. The summed E-state index contributed by atoms with van der Waals surface area (Å²) in [5, 5.41) is 9.01. The lowest BCUT2D eigenvalue weighted by molar-refractivity contribution is 0.146. The Morgan fingerprint density at radius 2 is 2.23 bits per heavy atom. The molecule has 0 radical (unpaired) electrons. The van der Waals surface area contributed by atoms with Crippen molar-refractivity contribution in [2.45, 2.75) is 13.0 Å². The van der Waals surface area contributed by atoms with Crippen molar-refractivity contribution in [3.63, 3.8) is 0 Å². The predicted octanol–water partition coefficient (Wildman–Crippen LogP) is 0.477. The Balaban J connectivity index is 3.44. The smallest absolute Gasteiger partial charge is 0.267 e. The van der Waals surface area contributed by atoms with Crippen molar-refractivity contribution in [2.24, 2.45) is 5.73 Å². The second kappa shape index (κ2) is 3.53. The Morgan fingerprint density at radius 3 is 2.62 bits per heavy atom. The maximum Gasteiger partial charge on any atom is 0.267 e. The molecule has 0 aromatic carbocycles. The number of alkyl halides is 2. The Bertz CT molecular complexity index is 362. The lowest BCUT2D eigenvalue weighted by Crippen LogP contribution is -2.18. The van der Waals surface area contributed by atoms with E-state index in [1.54, 1.807) is 0 Å². The molecule has 0 saturated carbocycles. The van der Waals surface area contributed by atoms with Crippen LogP contribution in [0.3, 0.4) is 0 Å². The number of nitrogens with one attached hydrogen (secondary N) is 1. The summed E-state index contributed by atoms with van der Waals surface area (Å²) in [7, 11) is 0. The van der Waals surface area contributed by atoms with Gasteiger partial charge in [0.15, 0.2) is 0 Å². The average molecular weight is 190 g/mol. The molecule has 0 spiro atoms. The fourth-order valence-corrected chi connectivity index (χ4v) is 1.02. The highest BCUT2D eigenvalue weighted by atomic mass is 19.3. The molecule has 4 nitrogen and oxygen atoms in total. The highest BCUT2D eigenvalue weighted by molar-refractivity contribution is 5.36. The first-order valence-electron chi connectivity index (χ1n) is 3.49. The van der Waals surface area contributed by atoms with Crippen LogP contribution in [0.2, 0.25) is 0 Å². The molecule has 1 aromatic heterocycles. The number of nitrogens with two attached hydrogens (primary N) is 1. The Morgan fingerprint density at radius 1 is 1.62 bits per heavy atom. The van der Waals surface area contributed by atoms with Crippen LogP contribution >= 0.6 is 0 Å². The minimum Gasteiger partial charge on any atom is -0.506 e. The third kappa shape index (κ3) is 1.67. The number of aromatic hydroxyl groups is 1. The number of hydrogen-bond donors (Lipinski definition) is 3. The van der Waals surface area contributed by atoms with Gasteiger partial charge in [-0.1, -0.05) is 0 Å². The van der Waals surface area contributed by atoms with Crippen LogP contribution in [0.15, 0.2) is 11.0 Å². The molecule has 0 unspecified atom stereocenters. The van der Waals surface area contributed by atoms with E-state index in [9.17, 15) is 13.6 Å². The van der Waals surface area contributed by atoms with Gasteiger partial charge in [0.25, 0.3) is 12.0 Å². The molecule has 0 aliphatic carbocycles. The van der Waals surface area contributed by atoms with Crippen LogP contribution < -0.4 is 11.3 Å². The third-order valence-electron chi connectivity index (χ3n) is 1.64. The lowest BCUT2D eigenvalue weighted by Gasteiger charge is -2.06. The zero-order valence-corrected chi connectivity index (χ0v) is 6.55. The second-order valence-electron chi connectivity index (χ2n) is 2.40. The molecule has 13 heavy (non-hydrogen) atoms. The standard InChI is InChI=1S/C7H8F2N2O2/c8-6(9)5-3(1-10)7(13)11-2-4(5)12/h2,6,12H,1,10H2,(H,11,13). The van der Waals surface area contributed by atoms with E-state index in [2.05, 4.69) is 4.98 Å². The summed E-state index contributed by atoms with van der Waals surface area (Å²) >= 11 is 0. The summed E-state index contributed by atoms with van der Waals surface area (Å²) in [4.78, 5) is 13.0. The Hall–Kier alpha value is -1.43. The van der Waals surface area contributed by atoms with Crippen molar-refractivity contribution < 1.29 is 13.9 Å². The van der Waals surface area contributed by atoms with Gasteiger partial charge in [-0.2, -0.15) is 0 Å². The van der Waals surface area contributed by atoms with Crippen LogP contribution in [0.4, 0.5) is 8.78 Å². The molecule has 1 heterocycles. The van der Waals surface area contributed by atoms with Crippen molar-refractivity contribution in [2.75, 3.05) is 0 Å². The molecule has 0 fully saturated rings. The average Bonchev–Trinajstić information content (AvgIpc) is 2.07. The van der Waals surface area contributed by atoms with Gasteiger partial charge in [0, 0.05) is 18.3 Å². The van der Waals surface area contributed by atoms with Gasteiger partial charge in [0.05, 0.1) is 5.56 Å². The minimum atomic E-state index is -2.90. The van der Waals surface area contributed by atoms with Crippen molar-refractivity contribution in [1.82, 2.24) is 4.98 Å². The monoisotopic (exact) mass is 190 g/mol. The molecule has 0 saturated heterocycles. The van der Waals surface area contributed by atoms with Crippen LogP contribution in [0.5, 0.6) is 5.75 Å². The number of halogens is 2. The van der Waals surface area contributed by atoms with Gasteiger partial charge < -0.3 is 15.8 Å². The molecule has 4 N–H and O–H groups in total. The van der Waals surface area contributed by atoms with Crippen LogP contribution in [0, 0.1) is 0 Å². The van der Waals surface area contributed by atoms with Gasteiger partial charge in [-0.05, 0) is 0 Å². The van der Waals surface area contributed by atoms with E-state index < -0.39 is 23.3 Å². The zero-order valence-electron chi connectivity index (χ0n) is 6.55. The SMILES string of the molecule is NCc1c(C(F)F)c(O)c[nH]c1=O. The highest BCUT2D eigenvalue weighted by Crippen LogP contribution is 2.28. The molecule has 0 bridgehead atoms. The number of hydrogen-bond acceptors (Lipinski definition) is 3. The van der Waals surface area contributed by atoms with Gasteiger partial charge >= 0.3 is 0 Å². The van der Waals surface area contributed by atoms with Gasteiger partial charge in [-0.15, -0.1) is 0 Å². The number of aromatic nitrogens is 1. The van der Waals surface area contributed by atoms with E-state index in [4.69, 9.17) is 10.8 Å². The van der Waals surface area contributed by atoms with Crippen LogP contribution in [-0.2, 0) is 6.54 Å². The molecule has 0 atom stereocenters. The van der Waals surface area contributed by atoms with Gasteiger partial charge in [-0.25, -0.2) is 8.78 Å². The van der Waals surface area contributed by atoms with Crippen molar-refractivity contribution in [3.8, 4) is 5.75 Å². The van der Waals surface area contributed by atoms with Crippen LogP contribution in [-0.4, -0.2) is 10.1 Å². The van der Waals surface area contributed by atoms with Crippen LogP contribution in [0.1, 0.15) is 17.6 Å². The first kappa shape index (κ1) is 9.66. The van der Waals surface area contributed by atoms with Crippen molar-refractivity contribution in [3.05, 3.63) is 27.7 Å². The largest absolute Gasteiger partial charge is 0.506 e. The van der Waals surface area contributed by atoms with Crippen molar-refractivity contribution >= 4 is 0 Å². The lowest BCUT2D eigenvalue weighted by atomic mass is 10.1. The van der Waals surface area contributed by atoms with E-state index in [1.165, 1.54) is 0 Å². The second-order valence-corrected chi connectivity index (χ2v) is 2.40. The molecule has 1 aromatic rings. The first-order valence-corrected chi connectivity index (χ1v) is 3.49. The first-order chi connectivity index (χ1) is 6.07. The van der Waals surface area contributed by atoms with Gasteiger partial charge in [0.2, 0.25) is 0 Å². The fourth-order valence-electron chi connectivity index (χ4n) is 1.02. The number of pyridine rings is 1. The number of H-pyrrole nitrogens is 1. The van der Waals surface area contributed by atoms with E-state index >= 15 is 0 Å². The molecule has 6 heteroatoms. The van der Waals surface area contributed by atoms with E-state index in [1.807, 2.05) is 0 Å². The molecule has 1 rings (SSSR count). The van der Waals surface area contributed by atoms with Gasteiger partial charge in [0.1, 0.15) is 5.75 Å². The number of aromatic amines is 1. The van der Waals surface area contributed by atoms with Gasteiger partial charge in [-0.3, -0.25) is 4.79 Å². The third-order valence-corrected chi connectivity index (χ3v) is 1.64. The summed E-state index contributed by atoms with van der Waals surface area (Å²) in [6.45, 7) is -0.330. The van der Waals surface area contributed by atoms with Crippen LogP contribution in [0.25, 0.3) is 0 Å². The maximum atomic E-state index is 12.3. The Labute approximate surface area is 72.0 Å². The summed E-state index contributed by atoms with van der Waals surface area (Å²) in [5.74, 6) is -0.643. The zero-order chi connectivity index (χ0) is 10.0. The summed E-state index contributed by atoms with van der Waals surface area (Å²) in [5.41, 5.74) is 3.42. The summed E-state index contributed by atoms with van der Waals surface area (Å²) in [6, 6.07) is 0. The molecular weight excluding hydrogens is 182 g/mol. The van der Waals surface area contributed by atoms with E-state index in [0.29, 0.717) is 0 Å². The molecule has 0 aliphatic rings. The molecule has 0 amide bonds. The minimum absolute atomic E-state index is 0.282. The van der Waals surface area contributed by atoms with E-state index in [0.717, 1.165) is 6.20 Å². The Kier molecular flexibility index (Phi) is 2.62. The highest BCUT2D eigenvalue weighted by Gasteiger charge is 2.19. The predicted molar refractivity (Wildman–Crippen MR) is 41.6 cm³/mol. The molecular formula is C7H8F2N2O2. The van der Waals surface area contributed by atoms with Crippen molar-refractivity contribution in [1.29, 1.82) is 0 Å². The summed E-state index contributed by atoms with van der Waals surface area (Å²) in [6.07, 6.45) is -2.08. The normalized spacial score (nSPS) is 10.8. The fraction of sp³-hybridized carbons (Fsp3) is 0.286. The molecule has 72 valence electrons. The maximum absolute atomic E-state index is 12.3. The quantitative estimate of drug-likeness (QED) is 0.634. The number of rotatable bonds is 2.